The van der Waals surface area contributed by atoms with E-state index in [1.807, 2.05) is 13.0 Å². The van der Waals surface area contributed by atoms with Crippen molar-refractivity contribution in [2.75, 3.05) is 31.4 Å². The molecule has 12 heteroatoms. The predicted octanol–water partition coefficient (Wildman–Crippen LogP) is 6.02. The largest absolute Gasteiger partial charge is 0.493 e. The van der Waals surface area contributed by atoms with Crippen molar-refractivity contribution >= 4 is 46.5 Å². The average molecular weight is 606 g/mol. The first-order valence-corrected chi connectivity index (χ1v) is 14.3. The zero-order chi connectivity index (χ0) is 30.7. The number of rotatable bonds is 5. The fraction of sp³-hybridized carbons (Fsp3) is 0.323. The Hall–Kier alpha value is -4.64. The number of carbonyl (C=O) groups excluding carboxylic acids is 2. The molecule has 0 unspecified atom stereocenters. The van der Waals surface area contributed by atoms with Crippen LogP contribution in [0.15, 0.2) is 48.7 Å². The number of aromatic nitrogens is 2. The molecule has 2 aliphatic rings. The van der Waals surface area contributed by atoms with Gasteiger partial charge in [0.2, 0.25) is 17.7 Å². The van der Waals surface area contributed by atoms with Crippen LogP contribution in [0.25, 0.3) is 16.7 Å². The summed E-state index contributed by atoms with van der Waals surface area (Å²) in [4.78, 5) is 49.1. The Morgan fingerprint density at radius 2 is 1.95 bits per heavy atom. The Kier molecular flexibility index (Phi) is 8.81. The van der Waals surface area contributed by atoms with Gasteiger partial charge in [-0.2, -0.15) is 0 Å². The van der Waals surface area contributed by atoms with E-state index in [1.54, 1.807) is 47.5 Å². The highest BCUT2D eigenvalue weighted by molar-refractivity contribution is 6.32. The summed E-state index contributed by atoms with van der Waals surface area (Å²) in [6, 6.07) is 9.83. The lowest BCUT2D eigenvalue weighted by atomic mass is 9.93. The van der Waals surface area contributed by atoms with E-state index < -0.39 is 6.09 Å². The summed E-state index contributed by atoms with van der Waals surface area (Å²) in [7, 11) is 3.04. The number of benzene rings is 1. The third kappa shape index (κ3) is 6.41. The maximum absolute atomic E-state index is 13.7. The van der Waals surface area contributed by atoms with Crippen LogP contribution in [0.4, 0.5) is 16.2 Å². The van der Waals surface area contributed by atoms with Gasteiger partial charge < -0.3 is 24.8 Å². The van der Waals surface area contributed by atoms with Crippen LogP contribution in [0.1, 0.15) is 50.0 Å². The second-order valence-electron chi connectivity index (χ2n) is 10.5. The number of hydrogen-bond acceptors (Lipinski definition) is 7. The normalized spacial score (nSPS) is 18.8. The zero-order valence-electron chi connectivity index (χ0n) is 24.0. The Bertz CT molecular complexity index is 1610. The predicted molar refractivity (Wildman–Crippen MR) is 162 cm³/mol. The third-order valence-electron chi connectivity index (χ3n) is 7.72. The number of pyridine rings is 2. The minimum absolute atomic E-state index is 0.184. The van der Waals surface area contributed by atoms with Gasteiger partial charge in [0, 0.05) is 42.1 Å². The molecule has 2 aliphatic heterocycles. The van der Waals surface area contributed by atoms with Crippen molar-refractivity contribution in [1.82, 2.24) is 14.9 Å². The highest BCUT2D eigenvalue weighted by Crippen LogP contribution is 2.39. The zero-order valence-corrected chi connectivity index (χ0v) is 24.8. The van der Waals surface area contributed by atoms with Crippen LogP contribution in [-0.4, -0.2) is 58.6 Å². The summed E-state index contributed by atoms with van der Waals surface area (Å²) in [6.07, 6.45) is 4.30. The molecule has 43 heavy (non-hydrogen) atoms. The summed E-state index contributed by atoms with van der Waals surface area (Å²) in [5.74, 6) is 0.0753. The van der Waals surface area contributed by atoms with Crippen LogP contribution in [0.5, 0.6) is 11.6 Å². The number of anilines is 2. The monoisotopic (exact) mass is 605 g/mol. The van der Waals surface area contributed by atoms with E-state index in [0.29, 0.717) is 82.8 Å². The smallest absolute Gasteiger partial charge is 0.409 e. The molecule has 2 atom stereocenters. The van der Waals surface area contributed by atoms with Crippen LogP contribution >= 0.6 is 11.6 Å². The fourth-order valence-corrected chi connectivity index (χ4v) is 5.75. The summed E-state index contributed by atoms with van der Waals surface area (Å²) in [5.41, 5.74) is 4.04. The van der Waals surface area contributed by atoms with Crippen molar-refractivity contribution in [1.29, 1.82) is 0 Å². The van der Waals surface area contributed by atoms with Gasteiger partial charge in [-0.05, 0) is 54.7 Å². The first kappa shape index (κ1) is 29.8. The minimum atomic E-state index is -1.21. The lowest BCUT2D eigenvalue weighted by molar-refractivity contribution is -0.129. The van der Waals surface area contributed by atoms with Crippen LogP contribution in [-0.2, 0) is 9.59 Å². The summed E-state index contributed by atoms with van der Waals surface area (Å²) >= 11 is 6.31. The van der Waals surface area contributed by atoms with Gasteiger partial charge in [0.25, 0.3) is 0 Å². The number of carboxylic acid groups (broad SMARTS) is 1. The molecule has 0 fully saturated rings. The third-order valence-corrected chi connectivity index (χ3v) is 8.02. The molecular weight excluding hydrogens is 574 g/mol. The number of fused-ring (bicyclic) bond motifs is 4. The van der Waals surface area contributed by atoms with Gasteiger partial charge in [-0.1, -0.05) is 31.0 Å². The average Bonchev–Trinajstić information content (AvgIpc) is 2.98. The second-order valence-corrected chi connectivity index (χ2v) is 10.9. The van der Waals surface area contributed by atoms with E-state index in [2.05, 4.69) is 15.6 Å². The first-order chi connectivity index (χ1) is 20.7. The second kappa shape index (κ2) is 12.7. The lowest BCUT2D eigenvalue weighted by Gasteiger charge is -2.34. The summed E-state index contributed by atoms with van der Waals surface area (Å²) < 4.78 is 11.0. The SMILES string of the molecule is COc1cc2cc(n1)[C@@H](N1CCC(c3nccc(Cl)c3OC)=CC1=O)CCC[C@@H](C)C(=O)Nc1cc(NC(=O)O)ccc1-2. The van der Waals surface area contributed by atoms with Crippen LogP contribution in [0.2, 0.25) is 5.02 Å². The van der Waals surface area contributed by atoms with Gasteiger partial charge in [0.15, 0.2) is 5.75 Å². The van der Waals surface area contributed by atoms with Gasteiger partial charge in [-0.3, -0.25) is 19.9 Å². The quantitative estimate of drug-likeness (QED) is 0.320. The van der Waals surface area contributed by atoms with Gasteiger partial charge in [-0.25, -0.2) is 9.78 Å². The minimum Gasteiger partial charge on any atom is -0.493 e. The van der Waals surface area contributed by atoms with Crippen molar-refractivity contribution in [3.05, 3.63) is 65.1 Å². The molecule has 224 valence electrons. The standard InChI is InChI=1S/C31H32ClN5O6/c1-17-5-4-6-25(37-12-10-18(15-27(37)38)28-29(43-3)22(32)9-11-33-28)24-13-19(14-26(35-24)42-2)21-8-7-20(34-31(40)41)16-23(21)36-30(17)39/h7-9,11,13-17,25,34H,4-6,10,12H2,1-3H3,(H,36,39)(H,40,41)/t17-,25+/m1/s1. The Balaban J connectivity index is 1.58. The molecule has 2 aromatic heterocycles. The molecule has 2 bridgehead atoms. The van der Waals surface area contributed by atoms with Crippen molar-refractivity contribution < 1.29 is 29.0 Å². The van der Waals surface area contributed by atoms with Crippen molar-refractivity contribution in [2.24, 2.45) is 5.92 Å². The molecule has 11 nitrogen and oxygen atoms in total. The maximum Gasteiger partial charge on any atom is 0.409 e. The first-order valence-electron chi connectivity index (χ1n) is 13.9. The topological polar surface area (TPSA) is 143 Å². The molecular formula is C31H32ClN5O6. The van der Waals surface area contributed by atoms with E-state index in [4.69, 9.17) is 26.1 Å². The van der Waals surface area contributed by atoms with E-state index in [1.165, 1.54) is 14.2 Å². The van der Waals surface area contributed by atoms with Crippen LogP contribution < -0.4 is 20.1 Å². The maximum atomic E-state index is 13.7. The summed E-state index contributed by atoms with van der Waals surface area (Å²) in [6.45, 7) is 2.26. The van der Waals surface area contributed by atoms with Gasteiger partial charge >= 0.3 is 6.09 Å². The Morgan fingerprint density at radius 1 is 1.14 bits per heavy atom. The van der Waals surface area contributed by atoms with E-state index >= 15 is 0 Å². The van der Waals surface area contributed by atoms with Gasteiger partial charge in [-0.15, -0.1) is 0 Å². The highest BCUT2D eigenvalue weighted by atomic mass is 35.5. The number of hydrogen-bond donors (Lipinski definition) is 3. The van der Waals surface area contributed by atoms with Crippen LogP contribution in [0, 0.1) is 5.92 Å². The molecule has 3 aromatic rings. The number of amides is 3. The van der Waals surface area contributed by atoms with E-state index in [9.17, 15) is 19.5 Å². The van der Waals surface area contributed by atoms with Gasteiger partial charge in [0.1, 0.15) is 5.69 Å². The number of ether oxygens (including phenoxy) is 2. The Labute approximate surface area is 253 Å². The van der Waals surface area contributed by atoms with E-state index in [0.717, 1.165) is 5.57 Å². The molecule has 3 N–H and O–H groups in total. The molecule has 0 saturated carbocycles. The van der Waals surface area contributed by atoms with Crippen molar-refractivity contribution in [3.8, 4) is 22.8 Å². The van der Waals surface area contributed by atoms with E-state index in [-0.39, 0.29) is 23.8 Å². The Morgan fingerprint density at radius 3 is 2.67 bits per heavy atom. The van der Waals surface area contributed by atoms with Gasteiger partial charge in [0.05, 0.1) is 36.7 Å². The lowest BCUT2D eigenvalue weighted by Crippen LogP contribution is -2.38. The molecule has 5 rings (SSSR count). The molecule has 0 saturated heterocycles. The number of nitrogens with zero attached hydrogens (tertiary/aromatic N) is 3. The fourth-order valence-electron chi connectivity index (χ4n) is 5.52. The summed E-state index contributed by atoms with van der Waals surface area (Å²) in [5, 5.41) is 14.9. The molecule has 1 aromatic carbocycles. The van der Waals surface area contributed by atoms with Crippen molar-refractivity contribution in [3.63, 3.8) is 0 Å². The number of nitrogens with one attached hydrogen (secondary N) is 2. The number of carbonyl (C=O) groups is 3. The number of halogens is 1. The molecule has 0 spiro atoms. The molecule has 4 heterocycles. The highest BCUT2D eigenvalue weighted by Gasteiger charge is 2.31. The molecule has 0 radical (unpaired) electrons. The van der Waals surface area contributed by atoms with Crippen molar-refractivity contribution in [2.45, 2.75) is 38.6 Å². The molecule has 3 amide bonds. The number of methoxy groups -OCH3 is 2. The van der Waals surface area contributed by atoms with Crippen LogP contribution in [0.3, 0.4) is 0 Å². The molecule has 0 aliphatic carbocycles.